The smallest absolute Gasteiger partial charge is 0.0695 e. The molecule has 0 saturated carbocycles. The predicted molar refractivity (Wildman–Crippen MR) is 143 cm³/mol. The van der Waals surface area contributed by atoms with E-state index in [9.17, 15) is 0 Å². The van der Waals surface area contributed by atoms with E-state index in [4.69, 9.17) is 19.9 Å². The monoisotopic (exact) mass is 478 g/mol. The highest BCUT2D eigenvalue weighted by atomic mass is 31.1. The van der Waals surface area contributed by atoms with Gasteiger partial charge < -0.3 is 0 Å². The van der Waals surface area contributed by atoms with Gasteiger partial charge in [-0.25, -0.2) is 0 Å². The Balaban J connectivity index is 1.51. The Kier molecular flexibility index (Phi) is 7.40. The van der Waals surface area contributed by atoms with Gasteiger partial charge in [-0.05, 0) is 59.7 Å². The average molecular weight is 478 g/mol. The summed E-state index contributed by atoms with van der Waals surface area (Å²) in [4.78, 5) is 18.8. The first kappa shape index (κ1) is 22.5. The second kappa shape index (κ2) is 11.2. The first-order valence-electron chi connectivity index (χ1n) is 11.1. The zero-order chi connectivity index (χ0) is 23.0. The molecule has 0 aliphatic carbocycles. The van der Waals surface area contributed by atoms with Crippen LogP contribution in [0.2, 0.25) is 0 Å². The topological polar surface area (TPSA) is 51.6 Å². The summed E-state index contributed by atoms with van der Waals surface area (Å²) in [6.45, 7) is 0. The maximum atomic E-state index is 4.71. The van der Waals surface area contributed by atoms with Crippen molar-refractivity contribution >= 4 is 37.6 Å². The largest absolute Gasteiger partial charge is 0.256 e. The van der Waals surface area contributed by atoms with E-state index in [1.165, 1.54) is 11.1 Å². The third kappa shape index (κ3) is 5.42. The Morgan fingerprint density at radius 2 is 0.676 bits per heavy atom. The molecule has 1 aromatic carbocycles. The molecule has 4 heterocycles. The highest BCUT2D eigenvalue weighted by Crippen LogP contribution is 2.41. The fraction of sp³-hybridized carbons (Fsp3) is 0.0714. The molecule has 4 nitrogen and oxygen atoms in total. The summed E-state index contributed by atoms with van der Waals surface area (Å²) >= 11 is 0. The van der Waals surface area contributed by atoms with Crippen LogP contribution >= 0.6 is 15.8 Å². The molecule has 5 aromatic rings. The van der Waals surface area contributed by atoms with Crippen LogP contribution in [0.4, 0.5) is 0 Å². The van der Waals surface area contributed by atoms with Crippen molar-refractivity contribution in [3.8, 4) is 0 Å². The summed E-state index contributed by atoms with van der Waals surface area (Å²) < 4.78 is 0. The van der Waals surface area contributed by atoms with Crippen molar-refractivity contribution in [3.05, 3.63) is 133 Å². The molecular formula is C28H24N4P2. The molecule has 0 amide bonds. The van der Waals surface area contributed by atoms with E-state index in [1.807, 2.05) is 49.1 Å². The Morgan fingerprint density at radius 3 is 0.941 bits per heavy atom. The highest BCUT2D eigenvalue weighted by Gasteiger charge is 2.22. The number of hydrogen-bond donors (Lipinski definition) is 0. The molecule has 0 N–H and O–H groups in total. The first-order valence-corrected chi connectivity index (χ1v) is 14.2. The Hall–Kier alpha value is -3.32. The lowest BCUT2D eigenvalue weighted by Gasteiger charge is -2.21. The van der Waals surface area contributed by atoms with Gasteiger partial charge in [0.05, 0.1) is 21.7 Å². The van der Waals surface area contributed by atoms with E-state index in [-0.39, 0.29) is 0 Å². The molecule has 0 atom stereocenters. The number of nitrogens with zero attached hydrogens (tertiary/aromatic N) is 4. The number of hydrogen-bond acceptors (Lipinski definition) is 4. The lowest BCUT2D eigenvalue weighted by molar-refractivity contribution is 1.25. The number of pyridine rings is 4. The van der Waals surface area contributed by atoms with Crippen molar-refractivity contribution in [3.63, 3.8) is 0 Å². The molecule has 5 rings (SSSR count). The van der Waals surface area contributed by atoms with E-state index in [2.05, 4.69) is 72.8 Å². The predicted octanol–water partition coefficient (Wildman–Crippen LogP) is 4.53. The van der Waals surface area contributed by atoms with Gasteiger partial charge in [0.2, 0.25) is 0 Å². The second-order valence-corrected chi connectivity index (χ2v) is 11.9. The molecular weight excluding hydrogens is 454 g/mol. The first-order chi connectivity index (χ1) is 16.9. The van der Waals surface area contributed by atoms with Gasteiger partial charge >= 0.3 is 0 Å². The zero-order valence-electron chi connectivity index (χ0n) is 18.6. The lowest BCUT2D eigenvalue weighted by atomic mass is 10.1. The van der Waals surface area contributed by atoms with Crippen molar-refractivity contribution in [1.82, 2.24) is 19.9 Å². The molecule has 0 radical (unpaired) electrons. The van der Waals surface area contributed by atoms with E-state index in [1.54, 1.807) is 0 Å². The summed E-state index contributed by atoms with van der Waals surface area (Å²) in [6, 6.07) is 33.4. The molecule has 0 fully saturated rings. The summed E-state index contributed by atoms with van der Waals surface area (Å²) in [7, 11) is -1.45. The number of benzene rings is 1. The van der Waals surface area contributed by atoms with Gasteiger partial charge in [-0.3, -0.25) is 19.9 Å². The molecule has 166 valence electrons. The normalized spacial score (nSPS) is 11.1. The van der Waals surface area contributed by atoms with Crippen LogP contribution in [-0.2, 0) is 12.3 Å². The van der Waals surface area contributed by atoms with Crippen molar-refractivity contribution < 1.29 is 0 Å². The van der Waals surface area contributed by atoms with Crippen LogP contribution in [0.5, 0.6) is 0 Å². The maximum absolute atomic E-state index is 4.71. The average Bonchev–Trinajstić information content (AvgIpc) is 2.93. The van der Waals surface area contributed by atoms with Crippen LogP contribution < -0.4 is 21.7 Å². The molecule has 0 unspecified atom stereocenters. The fourth-order valence-corrected chi connectivity index (χ4v) is 8.12. The fourth-order valence-electron chi connectivity index (χ4n) is 3.82. The van der Waals surface area contributed by atoms with Gasteiger partial charge in [-0.2, -0.15) is 0 Å². The molecule has 0 spiro atoms. The van der Waals surface area contributed by atoms with E-state index >= 15 is 0 Å². The molecule has 0 aliphatic heterocycles. The van der Waals surface area contributed by atoms with E-state index in [0.717, 1.165) is 34.1 Å². The number of rotatable bonds is 8. The minimum atomic E-state index is -0.723. The van der Waals surface area contributed by atoms with Crippen LogP contribution in [0, 0.1) is 0 Å². The summed E-state index contributed by atoms with van der Waals surface area (Å²) in [5, 5.41) is 0. The summed E-state index contributed by atoms with van der Waals surface area (Å²) in [5.41, 5.74) is 7.07. The maximum Gasteiger partial charge on any atom is 0.0695 e. The molecule has 34 heavy (non-hydrogen) atoms. The summed E-state index contributed by atoms with van der Waals surface area (Å²) in [5.74, 6) is 0. The standard InChI is InChI=1S/C28H24N4P2/c1-2-12-24(22-34(27-15-5-9-19-31-27)28-16-6-10-20-32-28)23(11-1)21-33(25-13-3-7-17-29-25)26-14-4-8-18-30-26/h1-20H,21-22H2. The Bertz CT molecular complexity index is 1120. The van der Waals surface area contributed by atoms with Crippen LogP contribution in [0.3, 0.4) is 0 Å². The Labute approximate surface area is 202 Å². The van der Waals surface area contributed by atoms with Crippen molar-refractivity contribution in [2.75, 3.05) is 0 Å². The quantitative estimate of drug-likeness (QED) is 0.308. The van der Waals surface area contributed by atoms with Gasteiger partial charge in [-0.1, -0.05) is 48.5 Å². The van der Waals surface area contributed by atoms with Crippen LogP contribution in [0.25, 0.3) is 0 Å². The van der Waals surface area contributed by atoms with Crippen molar-refractivity contribution in [2.45, 2.75) is 12.3 Å². The van der Waals surface area contributed by atoms with Gasteiger partial charge in [0.25, 0.3) is 0 Å². The van der Waals surface area contributed by atoms with Crippen molar-refractivity contribution in [2.24, 2.45) is 0 Å². The molecule has 0 saturated heterocycles. The third-order valence-electron chi connectivity index (χ3n) is 5.48. The van der Waals surface area contributed by atoms with Crippen LogP contribution in [0.1, 0.15) is 11.1 Å². The molecule has 6 heteroatoms. The Morgan fingerprint density at radius 1 is 0.382 bits per heavy atom. The van der Waals surface area contributed by atoms with E-state index < -0.39 is 15.8 Å². The zero-order valence-corrected chi connectivity index (χ0v) is 20.4. The van der Waals surface area contributed by atoms with Gasteiger partial charge in [0.1, 0.15) is 0 Å². The minimum absolute atomic E-state index is 0.723. The van der Waals surface area contributed by atoms with Gasteiger partial charge in [0, 0.05) is 53.0 Å². The molecule has 0 aliphatic rings. The highest BCUT2D eigenvalue weighted by molar-refractivity contribution is 7.72. The molecule has 4 aromatic heterocycles. The van der Waals surface area contributed by atoms with E-state index in [0.29, 0.717) is 0 Å². The van der Waals surface area contributed by atoms with Gasteiger partial charge in [0.15, 0.2) is 0 Å². The second-order valence-electron chi connectivity index (χ2n) is 7.69. The SMILES string of the molecule is c1ccc(P(Cc2ccccc2CP(c2ccccn2)c2ccccn2)c2ccccn2)nc1. The van der Waals surface area contributed by atoms with Crippen molar-refractivity contribution in [1.29, 1.82) is 0 Å². The van der Waals surface area contributed by atoms with Gasteiger partial charge in [-0.15, -0.1) is 0 Å². The minimum Gasteiger partial charge on any atom is -0.256 e. The van der Waals surface area contributed by atoms with Crippen LogP contribution in [-0.4, -0.2) is 19.9 Å². The van der Waals surface area contributed by atoms with Crippen LogP contribution in [0.15, 0.2) is 122 Å². The molecule has 0 bridgehead atoms. The summed E-state index contributed by atoms with van der Waals surface area (Å²) in [6.07, 6.45) is 9.30. The number of aromatic nitrogens is 4. The lowest BCUT2D eigenvalue weighted by Crippen LogP contribution is -2.20. The third-order valence-corrected chi connectivity index (χ3v) is 10.1.